The zero-order valence-electron chi connectivity index (χ0n) is 12.9. The first-order valence-electron chi connectivity index (χ1n) is 6.67. The van der Waals surface area contributed by atoms with Gasteiger partial charge in [0.15, 0.2) is 11.5 Å². The molecule has 0 spiro atoms. The lowest BCUT2D eigenvalue weighted by molar-refractivity contribution is 0.0600. The van der Waals surface area contributed by atoms with Gasteiger partial charge in [-0.15, -0.1) is 0 Å². The Kier molecular flexibility index (Phi) is 6.30. The van der Waals surface area contributed by atoms with Crippen molar-refractivity contribution < 1.29 is 25.2 Å². The number of nitrogens with two attached hydrogens (primary N) is 1. The maximum atomic E-state index is 10.0. The van der Waals surface area contributed by atoms with Crippen molar-refractivity contribution in [2.45, 2.75) is 32.5 Å². The van der Waals surface area contributed by atoms with E-state index in [0.29, 0.717) is 6.61 Å². The van der Waals surface area contributed by atoms with Crippen LogP contribution < -0.4 is 15.2 Å². The molecule has 21 heavy (non-hydrogen) atoms. The summed E-state index contributed by atoms with van der Waals surface area (Å²) in [6.07, 6.45) is -0.442. The topological polar surface area (TPSA) is 83.3 Å². The van der Waals surface area contributed by atoms with Gasteiger partial charge >= 0.3 is 6.09 Å². The van der Waals surface area contributed by atoms with Gasteiger partial charge in [-0.2, -0.15) is 0 Å². The third-order valence-electron chi connectivity index (χ3n) is 2.30. The molecule has 1 aromatic carbocycles. The van der Waals surface area contributed by atoms with Crippen molar-refractivity contribution in [1.82, 2.24) is 0 Å². The molecule has 1 unspecified atom stereocenters. The number of epoxide rings is 1. The van der Waals surface area contributed by atoms with Crippen molar-refractivity contribution in [3.63, 3.8) is 0 Å². The fourth-order valence-electron chi connectivity index (χ4n) is 1.39. The van der Waals surface area contributed by atoms with Crippen molar-refractivity contribution in [2.24, 2.45) is 5.73 Å². The third kappa shape index (κ3) is 8.04. The summed E-state index contributed by atoms with van der Waals surface area (Å²) in [5.74, 6) is 1.55. The Morgan fingerprint density at radius 2 is 1.95 bits per heavy atom. The average molecular weight is 299 g/mol. The summed E-state index contributed by atoms with van der Waals surface area (Å²) in [5, 5.41) is 0. The fourth-order valence-corrected chi connectivity index (χ4v) is 1.39. The monoisotopic (exact) mass is 299 g/mol. The molecule has 1 amide bonds. The quantitative estimate of drug-likeness (QED) is 0.864. The van der Waals surface area contributed by atoms with Crippen molar-refractivity contribution >= 4 is 6.09 Å². The van der Waals surface area contributed by atoms with Gasteiger partial charge < -0.3 is 24.7 Å². The summed E-state index contributed by atoms with van der Waals surface area (Å²) in [6.45, 7) is 6.71. The van der Waals surface area contributed by atoms with Gasteiger partial charge in [0, 0.05) is 1.43 Å². The number of carbonyl (C=O) groups is 1. The number of hydrogen-bond acceptors (Lipinski definition) is 5. The number of benzene rings is 1. The summed E-state index contributed by atoms with van der Waals surface area (Å²) >= 11 is 0. The van der Waals surface area contributed by atoms with Crippen LogP contribution in [0.5, 0.6) is 11.5 Å². The van der Waals surface area contributed by atoms with E-state index < -0.39 is 11.7 Å². The minimum absolute atomic E-state index is 0. The Bertz CT molecular complexity index is 457. The lowest BCUT2D eigenvalue weighted by Crippen LogP contribution is -2.27. The third-order valence-corrected chi connectivity index (χ3v) is 2.30. The fraction of sp³-hybridized carbons (Fsp3) is 0.533. The number of carbonyl (C=O) groups excluding carboxylic acids is 1. The van der Waals surface area contributed by atoms with Crippen LogP contribution in [0.3, 0.4) is 0 Å². The van der Waals surface area contributed by atoms with Crippen LogP contribution in [-0.4, -0.2) is 38.1 Å². The SMILES string of the molecule is CC(C)(C)OC(N)=O.COc1ccccc1OCC1CO1.[HH]. The summed E-state index contributed by atoms with van der Waals surface area (Å²) in [5.41, 5.74) is 4.26. The highest BCUT2D eigenvalue weighted by atomic mass is 16.6. The van der Waals surface area contributed by atoms with Gasteiger partial charge in [0.2, 0.25) is 0 Å². The second-order valence-corrected chi connectivity index (χ2v) is 5.45. The van der Waals surface area contributed by atoms with Crippen molar-refractivity contribution in [3.05, 3.63) is 24.3 Å². The zero-order chi connectivity index (χ0) is 15.9. The van der Waals surface area contributed by atoms with Gasteiger partial charge in [-0.3, -0.25) is 0 Å². The molecule has 1 fully saturated rings. The molecular weight excluding hydrogens is 274 g/mol. The van der Waals surface area contributed by atoms with E-state index in [1.807, 2.05) is 24.3 Å². The molecule has 120 valence electrons. The molecule has 1 aliphatic rings. The lowest BCUT2D eigenvalue weighted by Gasteiger charge is -2.16. The lowest BCUT2D eigenvalue weighted by atomic mass is 10.2. The Morgan fingerprint density at radius 1 is 1.38 bits per heavy atom. The maximum absolute atomic E-state index is 10.0. The van der Waals surface area contributed by atoms with Crippen LogP contribution in [0.1, 0.15) is 22.2 Å². The maximum Gasteiger partial charge on any atom is 0.405 e. The molecule has 6 heteroatoms. The highest BCUT2D eigenvalue weighted by Crippen LogP contribution is 2.26. The number of rotatable bonds is 4. The standard InChI is InChI=1S/C10H12O3.C5H11NO2.H2/c1-11-9-4-2-3-5-10(9)13-7-8-6-12-8;1-5(2,3)8-4(6)7;/h2-5,8H,6-7H2,1H3;1-3H3,(H2,6,7);1H. The molecule has 1 aliphatic heterocycles. The van der Waals surface area contributed by atoms with E-state index in [4.69, 9.17) is 19.9 Å². The van der Waals surface area contributed by atoms with Crippen LogP contribution in [0.2, 0.25) is 0 Å². The molecule has 0 radical (unpaired) electrons. The van der Waals surface area contributed by atoms with Crippen LogP contribution in [0.15, 0.2) is 24.3 Å². The van der Waals surface area contributed by atoms with E-state index in [1.165, 1.54) is 0 Å². The molecule has 0 saturated carbocycles. The van der Waals surface area contributed by atoms with Crippen LogP contribution in [0.4, 0.5) is 4.79 Å². The first-order chi connectivity index (χ1) is 9.81. The van der Waals surface area contributed by atoms with Crippen molar-refractivity contribution in [2.75, 3.05) is 20.3 Å². The zero-order valence-corrected chi connectivity index (χ0v) is 12.9. The van der Waals surface area contributed by atoms with E-state index in [0.717, 1.165) is 18.1 Å². The number of para-hydroxylation sites is 2. The molecule has 6 nitrogen and oxygen atoms in total. The van der Waals surface area contributed by atoms with Crippen LogP contribution in [0.25, 0.3) is 0 Å². The second kappa shape index (κ2) is 7.73. The van der Waals surface area contributed by atoms with E-state index in [1.54, 1.807) is 27.9 Å². The Labute approximate surface area is 126 Å². The van der Waals surface area contributed by atoms with Gasteiger partial charge in [-0.25, -0.2) is 4.79 Å². The average Bonchev–Trinajstić information content (AvgIpc) is 3.18. The molecule has 0 bridgehead atoms. The summed E-state index contributed by atoms with van der Waals surface area (Å²) in [7, 11) is 1.63. The minimum atomic E-state index is -0.725. The largest absolute Gasteiger partial charge is 0.493 e. The molecule has 1 atom stereocenters. The van der Waals surface area contributed by atoms with Crippen molar-refractivity contribution in [1.29, 1.82) is 0 Å². The van der Waals surface area contributed by atoms with Gasteiger partial charge in [-0.1, -0.05) is 12.1 Å². The smallest absolute Gasteiger partial charge is 0.405 e. The molecule has 1 saturated heterocycles. The highest BCUT2D eigenvalue weighted by molar-refractivity contribution is 5.65. The molecule has 0 aromatic heterocycles. The predicted molar refractivity (Wildman–Crippen MR) is 80.8 cm³/mol. The first-order valence-corrected chi connectivity index (χ1v) is 6.67. The Balaban J connectivity index is 0.000000432. The molecule has 1 heterocycles. The van der Waals surface area contributed by atoms with Crippen LogP contribution >= 0.6 is 0 Å². The minimum Gasteiger partial charge on any atom is -0.493 e. The summed E-state index contributed by atoms with van der Waals surface area (Å²) < 4.78 is 20.2. The van der Waals surface area contributed by atoms with Crippen LogP contribution in [0, 0.1) is 0 Å². The molecule has 1 aromatic rings. The van der Waals surface area contributed by atoms with E-state index >= 15 is 0 Å². The Morgan fingerprint density at radius 3 is 2.33 bits per heavy atom. The number of amides is 1. The molecule has 2 N–H and O–H groups in total. The van der Waals surface area contributed by atoms with Gasteiger partial charge in [0.05, 0.1) is 13.7 Å². The number of ether oxygens (including phenoxy) is 4. The first kappa shape index (κ1) is 17.1. The van der Waals surface area contributed by atoms with Crippen LogP contribution in [-0.2, 0) is 9.47 Å². The summed E-state index contributed by atoms with van der Waals surface area (Å²) in [4.78, 5) is 10.0. The van der Waals surface area contributed by atoms with Gasteiger partial charge in [0.25, 0.3) is 0 Å². The number of primary amides is 1. The molecule has 2 rings (SSSR count). The van der Waals surface area contributed by atoms with Gasteiger partial charge in [0.1, 0.15) is 18.3 Å². The highest BCUT2D eigenvalue weighted by Gasteiger charge is 2.23. The van der Waals surface area contributed by atoms with Crippen molar-refractivity contribution in [3.8, 4) is 11.5 Å². The number of methoxy groups -OCH3 is 1. The van der Waals surface area contributed by atoms with Gasteiger partial charge in [-0.05, 0) is 32.9 Å². The van der Waals surface area contributed by atoms with E-state index in [-0.39, 0.29) is 7.53 Å². The van der Waals surface area contributed by atoms with E-state index in [2.05, 4.69) is 4.74 Å². The molecule has 0 aliphatic carbocycles. The second-order valence-electron chi connectivity index (χ2n) is 5.45. The Hall–Kier alpha value is -1.95. The van der Waals surface area contributed by atoms with E-state index in [9.17, 15) is 4.79 Å². The predicted octanol–water partition coefficient (Wildman–Crippen LogP) is 2.60. The summed E-state index contributed by atoms with van der Waals surface area (Å²) in [6, 6.07) is 7.61. The number of hydrogen-bond donors (Lipinski definition) is 1. The normalized spacial score (nSPS) is 16.3. The molecular formula is C15H25NO5.